The Kier molecular flexibility index (Phi) is 3.62. The molecule has 0 aromatic heterocycles. The Morgan fingerprint density at radius 3 is 2.82 bits per heavy atom. The molecule has 1 aromatic rings. The Morgan fingerprint density at radius 2 is 2.18 bits per heavy atom. The lowest BCUT2D eigenvalue weighted by molar-refractivity contribution is -0.138. The van der Waals surface area contributed by atoms with E-state index in [1.54, 1.807) is 0 Å². The summed E-state index contributed by atoms with van der Waals surface area (Å²) in [5.41, 5.74) is 3.48. The number of esters is 1. The zero-order valence-electron chi connectivity index (χ0n) is 10.4. The normalized spacial score (nSPS) is 15.2. The predicted molar refractivity (Wildman–Crippen MR) is 68.6 cm³/mol. The van der Waals surface area contributed by atoms with Gasteiger partial charge >= 0.3 is 5.97 Å². The van der Waals surface area contributed by atoms with Gasteiger partial charge in [-0.2, -0.15) is 0 Å². The Hall–Kier alpha value is -1.57. The first-order valence-corrected chi connectivity index (χ1v) is 6.07. The molecule has 0 radical (unpaired) electrons. The third-order valence-corrected chi connectivity index (χ3v) is 2.98. The fourth-order valence-corrected chi connectivity index (χ4v) is 1.70. The Labute approximate surface area is 102 Å². The lowest BCUT2D eigenvalue weighted by Crippen LogP contribution is -2.03. The Balaban J connectivity index is 1.91. The summed E-state index contributed by atoms with van der Waals surface area (Å²) in [5.74, 6) is 0.380. The van der Waals surface area contributed by atoms with Gasteiger partial charge in [0.2, 0.25) is 0 Å². The molecule has 2 heteroatoms. The molecule has 1 aliphatic rings. The first-order chi connectivity index (χ1) is 8.15. The van der Waals surface area contributed by atoms with Crippen LogP contribution in [0.3, 0.4) is 0 Å². The number of carbonyl (C=O) groups excluding carboxylic acids is 1. The monoisotopic (exact) mass is 230 g/mol. The molecule has 0 aliphatic heterocycles. The summed E-state index contributed by atoms with van der Waals surface area (Å²) in [6, 6.07) is 6.17. The fourth-order valence-electron chi connectivity index (χ4n) is 1.70. The smallest absolute Gasteiger partial charge is 0.330 e. The summed E-state index contributed by atoms with van der Waals surface area (Å²) in [6.07, 6.45) is 5.74. The molecule has 1 aromatic carbocycles. The molecule has 90 valence electrons. The van der Waals surface area contributed by atoms with Gasteiger partial charge in [0.05, 0.1) is 6.61 Å². The molecule has 0 amide bonds. The number of rotatable bonds is 4. The van der Waals surface area contributed by atoms with E-state index in [9.17, 15) is 4.79 Å². The van der Waals surface area contributed by atoms with E-state index in [0.29, 0.717) is 12.5 Å². The van der Waals surface area contributed by atoms with Crippen molar-refractivity contribution in [2.75, 3.05) is 6.61 Å². The molecule has 0 spiro atoms. The van der Waals surface area contributed by atoms with Crippen LogP contribution in [0.1, 0.15) is 29.5 Å². The van der Waals surface area contributed by atoms with Crippen LogP contribution in [0.4, 0.5) is 0 Å². The molecule has 2 nitrogen and oxygen atoms in total. The minimum Gasteiger partial charge on any atom is -0.462 e. The van der Waals surface area contributed by atoms with Gasteiger partial charge in [0.1, 0.15) is 0 Å². The van der Waals surface area contributed by atoms with Crippen LogP contribution < -0.4 is 0 Å². The van der Waals surface area contributed by atoms with Gasteiger partial charge in [-0.05, 0) is 49.8 Å². The van der Waals surface area contributed by atoms with Crippen LogP contribution in [0.5, 0.6) is 0 Å². The largest absolute Gasteiger partial charge is 0.462 e. The minimum absolute atomic E-state index is 0.239. The SMILES string of the molecule is Cc1ccc(/C=C/C(=O)OCC2CC2)c(C)c1. The van der Waals surface area contributed by atoms with Gasteiger partial charge in [0.25, 0.3) is 0 Å². The van der Waals surface area contributed by atoms with Gasteiger partial charge in [-0.15, -0.1) is 0 Å². The molecule has 0 bridgehead atoms. The molecule has 2 rings (SSSR count). The van der Waals surface area contributed by atoms with Crippen molar-refractivity contribution in [3.05, 3.63) is 41.0 Å². The summed E-state index contributed by atoms with van der Waals surface area (Å²) < 4.78 is 5.13. The van der Waals surface area contributed by atoms with Gasteiger partial charge in [-0.25, -0.2) is 4.79 Å². The second kappa shape index (κ2) is 5.17. The van der Waals surface area contributed by atoms with Crippen LogP contribution in [0.25, 0.3) is 6.08 Å². The topological polar surface area (TPSA) is 26.3 Å². The second-order valence-electron chi connectivity index (χ2n) is 4.77. The van der Waals surface area contributed by atoms with Gasteiger partial charge in [-0.1, -0.05) is 23.8 Å². The summed E-state index contributed by atoms with van der Waals surface area (Å²) in [4.78, 5) is 11.4. The molecule has 1 saturated carbocycles. The summed E-state index contributed by atoms with van der Waals surface area (Å²) in [7, 11) is 0. The maximum absolute atomic E-state index is 11.4. The van der Waals surface area contributed by atoms with E-state index in [1.165, 1.54) is 30.0 Å². The average molecular weight is 230 g/mol. The molecule has 17 heavy (non-hydrogen) atoms. The van der Waals surface area contributed by atoms with Crippen molar-refractivity contribution in [1.82, 2.24) is 0 Å². The highest BCUT2D eigenvalue weighted by molar-refractivity contribution is 5.87. The van der Waals surface area contributed by atoms with Crippen molar-refractivity contribution in [2.24, 2.45) is 5.92 Å². The van der Waals surface area contributed by atoms with Crippen molar-refractivity contribution < 1.29 is 9.53 Å². The molecule has 0 atom stereocenters. The highest BCUT2D eigenvalue weighted by atomic mass is 16.5. The highest BCUT2D eigenvalue weighted by Gasteiger charge is 2.22. The van der Waals surface area contributed by atoms with Gasteiger partial charge in [0, 0.05) is 6.08 Å². The Bertz CT molecular complexity index is 442. The standard InChI is InChI=1S/C15H18O2/c1-11-3-6-14(12(2)9-11)7-8-15(16)17-10-13-4-5-13/h3,6-9,13H,4-5,10H2,1-2H3/b8-7+. The average Bonchev–Trinajstić information content (AvgIpc) is 3.09. The first-order valence-electron chi connectivity index (χ1n) is 6.07. The number of hydrogen-bond acceptors (Lipinski definition) is 2. The first kappa shape index (κ1) is 11.9. The lowest BCUT2D eigenvalue weighted by Gasteiger charge is -2.02. The Morgan fingerprint density at radius 1 is 1.41 bits per heavy atom. The van der Waals surface area contributed by atoms with E-state index < -0.39 is 0 Å². The molecular formula is C15H18O2. The third kappa shape index (κ3) is 3.74. The molecule has 0 heterocycles. The molecule has 1 fully saturated rings. The minimum atomic E-state index is -0.239. The number of hydrogen-bond donors (Lipinski definition) is 0. The van der Waals surface area contributed by atoms with Crippen molar-refractivity contribution in [2.45, 2.75) is 26.7 Å². The van der Waals surface area contributed by atoms with Gasteiger partial charge in [0.15, 0.2) is 0 Å². The van der Waals surface area contributed by atoms with E-state index in [2.05, 4.69) is 13.0 Å². The molecular weight excluding hydrogens is 212 g/mol. The maximum Gasteiger partial charge on any atom is 0.330 e. The van der Waals surface area contributed by atoms with E-state index in [1.807, 2.05) is 25.1 Å². The van der Waals surface area contributed by atoms with E-state index in [4.69, 9.17) is 4.74 Å². The molecule has 0 unspecified atom stereocenters. The molecule has 1 aliphatic carbocycles. The predicted octanol–water partition coefficient (Wildman–Crippen LogP) is 3.27. The van der Waals surface area contributed by atoms with E-state index >= 15 is 0 Å². The molecule has 0 N–H and O–H groups in total. The van der Waals surface area contributed by atoms with Crippen LogP contribution in [0.15, 0.2) is 24.3 Å². The van der Waals surface area contributed by atoms with Crippen molar-refractivity contribution in [3.8, 4) is 0 Å². The number of carbonyl (C=O) groups is 1. The maximum atomic E-state index is 11.4. The van der Waals surface area contributed by atoms with Crippen LogP contribution >= 0.6 is 0 Å². The van der Waals surface area contributed by atoms with Crippen LogP contribution in [0.2, 0.25) is 0 Å². The summed E-state index contributed by atoms with van der Waals surface area (Å²) >= 11 is 0. The number of aryl methyl sites for hydroxylation is 2. The zero-order valence-corrected chi connectivity index (χ0v) is 10.4. The zero-order chi connectivity index (χ0) is 12.3. The van der Waals surface area contributed by atoms with Gasteiger partial charge < -0.3 is 4.74 Å². The van der Waals surface area contributed by atoms with Gasteiger partial charge in [-0.3, -0.25) is 0 Å². The van der Waals surface area contributed by atoms with Crippen LogP contribution in [-0.2, 0) is 9.53 Å². The second-order valence-corrected chi connectivity index (χ2v) is 4.77. The third-order valence-electron chi connectivity index (χ3n) is 2.98. The molecule has 0 saturated heterocycles. The highest BCUT2D eigenvalue weighted by Crippen LogP contribution is 2.28. The van der Waals surface area contributed by atoms with E-state index in [-0.39, 0.29) is 5.97 Å². The van der Waals surface area contributed by atoms with Crippen LogP contribution in [0, 0.1) is 19.8 Å². The van der Waals surface area contributed by atoms with Crippen molar-refractivity contribution in [1.29, 1.82) is 0 Å². The van der Waals surface area contributed by atoms with Crippen LogP contribution in [-0.4, -0.2) is 12.6 Å². The number of benzene rings is 1. The number of ether oxygens (including phenoxy) is 1. The van der Waals surface area contributed by atoms with Crippen molar-refractivity contribution >= 4 is 12.0 Å². The van der Waals surface area contributed by atoms with E-state index in [0.717, 1.165) is 5.56 Å². The summed E-state index contributed by atoms with van der Waals surface area (Å²) in [6.45, 7) is 4.68. The summed E-state index contributed by atoms with van der Waals surface area (Å²) in [5, 5.41) is 0. The fraction of sp³-hybridized carbons (Fsp3) is 0.400. The van der Waals surface area contributed by atoms with Crippen molar-refractivity contribution in [3.63, 3.8) is 0 Å². The quantitative estimate of drug-likeness (QED) is 0.586. The lowest BCUT2D eigenvalue weighted by atomic mass is 10.1.